The second-order valence-corrected chi connectivity index (χ2v) is 4.16. The minimum absolute atomic E-state index is 0.562. The standard InChI is InChI=1S/C8H11BrN2OS/c1-5(4-10)3-6-7(9)8(12-2)11-13-6/h3H,4,10H2,1-2H3/b5-3-. The molecule has 0 aliphatic carbocycles. The van der Waals surface area contributed by atoms with Crippen LogP contribution in [-0.2, 0) is 0 Å². The van der Waals surface area contributed by atoms with Crippen LogP contribution < -0.4 is 10.5 Å². The van der Waals surface area contributed by atoms with Crippen LogP contribution in [0.3, 0.4) is 0 Å². The summed E-state index contributed by atoms with van der Waals surface area (Å²) in [5.74, 6) is 0.626. The number of hydrogen-bond donors (Lipinski definition) is 1. The van der Waals surface area contributed by atoms with Crippen molar-refractivity contribution in [3.63, 3.8) is 0 Å². The topological polar surface area (TPSA) is 48.1 Å². The summed E-state index contributed by atoms with van der Waals surface area (Å²) in [6.07, 6.45) is 2.00. The van der Waals surface area contributed by atoms with E-state index in [2.05, 4.69) is 20.3 Å². The van der Waals surface area contributed by atoms with Gasteiger partial charge in [0, 0.05) is 6.54 Å². The van der Waals surface area contributed by atoms with Crippen LogP contribution in [0.4, 0.5) is 0 Å². The highest BCUT2D eigenvalue weighted by molar-refractivity contribution is 9.10. The van der Waals surface area contributed by atoms with Crippen LogP contribution in [0.5, 0.6) is 5.88 Å². The van der Waals surface area contributed by atoms with Crippen LogP contribution in [-0.4, -0.2) is 18.0 Å². The summed E-state index contributed by atoms with van der Waals surface area (Å²) >= 11 is 4.80. The van der Waals surface area contributed by atoms with E-state index in [-0.39, 0.29) is 0 Å². The van der Waals surface area contributed by atoms with E-state index in [0.29, 0.717) is 12.4 Å². The normalized spacial score (nSPS) is 11.8. The molecule has 1 rings (SSSR count). The van der Waals surface area contributed by atoms with Crippen LogP contribution in [0, 0.1) is 0 Å². The lowest BCUT2D eigenvalue weighted by atomic mass is 10.2. The van der Waals surface area contributed by atoms with E-state index in [1.165, 1.54) is 11.5 Å². The molecule has 5 heteroatoms. The molecular formula is C8H11BrN2OS. The van der Waals surface area contributed by atoms with Gasteiger partial charge in [-0.3, -0.25) is 0 Å². The smallest absolute Gasteiger partial charge is 0.240 e. The largest absolute Gasteiger partial charge is 0.480 e. The van der Waals surface area contributed by atoms with Crippen LogP contribution in [0.2, 0.25) is 0 Å². The molecule has 3 nitrogen and oxygen atoms in total. The Bertz CT molecular complexity index is 322. The lowest BCUT2D eigenvalue weighted by molar-refractivity contribution is 0.400. The molecule has 0 aliphatic heterocycles. The molecule has 0 amide bonds. The molecule has 13 heavy (non-hydrogen) atoms. The molecule has 0 saturated heterocycles. The fourth-order valence-corrected chi connectivity index (χ4v) is 2.24. The first-order chi connectivity index (χ1) is 6.19. The minimum atomic E-state index is 0.562. The molecule has 1 aromatic rings. The van der Waals surface area contributed by atoms with Gasteiger partial charge in [0.15, 0.2) is 0 Å². The Morgan fingerprint density at radius 2 is 2.46 bits per heavy atom. The molecule has 0 fully saturated rings. The van der Waals surface area contributed by atoms with Crippen LogP contribution in [0.1, 0.15) is 11.8 Å². The number of methoxy groups -OCH3 is 1. The molecule has 72 valence electrons. The molecule has 0 aliphatic rings. The first-order valence-corrected chi connectivity index (χ1v) is 5.32. The maximum absolute atomic E-state index is 5.48. The van der Waals surface area contributed by atoms with Gasteiger partial charge in [-0.15, -0.1) is 0 Å². The van der Waals surface area contributed by atoms with Crippen LogP contribution in [0.15, 0.2) is 10.0 Å². The Kier molecular flexibility index (Phi) is 3.90. The maximum atomic E-state index is 5.48. The lowest BCUT2D eigenvalue weighted by Crippen LogP contribution is -1.98. The summed E-state index contributed by atoms with van der Waals surface area (Å²) in [5.41, 5.74) is 6.60. The van der Waals surface area contributed by atoms with E-state index in [9.17, 15) is 0 Å². The first-order valence-electron chi connectivity index (χ1n) is 3.75. The third kappa shape index (κ3) is 2.52. The van der Waals surface area contributed by atoms with Gasteiger partial charge in [0.05, 0.1) is 16.5 Å². The van der Waals surface area contributed by atoms with Gasteiger partial charge >= 0.3 is 0 Å². The van der Waals surface area contributed by atoms with Crippen molar-refractivity contribution >= 4 is 33.5 Å². The predicted octanol–water partition coefficient (Wildman–Crippen LogP) is 2.28. The number of aromatic nitrogens is 1. The van der Waals surface area contributed by atoms with E-state index < -0.39 is 0 Å². The monoisotopic (exact) mass is 262 g/mol. The Labute approximate surface area is 89.9 Å². The fourth-order valence-electron chi connectivity index (χ4n) is 0.775. The number of ether oxygens (including phenoxy) is 1. The van der Waals surface area contributed by atoms with E-state index >= 15 is 0 Å². The molecule has 0 saturated carbocycles. The number of halogens is 1. The van der Waals surface area contributed by atoms with Crippen molar-refractivity contribution in [3.8, 4) is 5.88 Å². The van der Waals surface area contributed by atoms with E-state index in [0.717, 1.165) is 14.9 Å². The fraction of sp³-hybridized carbons (Fsp3) is 0.375. The van der Waals surface area contributed by atoms with Crippen molar-refractivity contribution < 1.29 is 4.74 Å². The van der Waals surface area contributed by atoms with Crippen molar-refractivity contribution in [1.29, 1.82) is 0 Å². The SMILES string of the molecule is COc1nsc(/C=C(/C)CN)c1Br. The van der Waals surface area contributed by atoms with Crippen molar-refractivity contribution in [2.75, 3.05) is 13.7 Å². The molecule has 0 radical (unpaired) electrons. The molecule has 0 spiro atoms. The Balaban J connectivity index is 2.96. The molecular weight excluding hydrogens is 252 g/mol. The maximum Gasteiger partial charge on any atom is 0.240 e. The van der Waals surface area contributed by atoms with Crippen LogP contribution in [0.25, 0.3) is 6.08 Å². The highest BCUT2D eigenvalue weighted by Crippen LogP contribution is 2.32. The van der Waals surface area contributed by atoms with Gasteiger partial charge in [0.2, 0.25) is 5.88 Å². The summed E-state index contributed by atoms with van der Waals surface area (Å²) < 4.78 is 10.0. The quantitative estimate of drug-likeness (QED) is 0.910. The summed E-state index contributed by atoms with van der Waals surface area (Å²) in [6, 6.07) is 0. The average Bonchev–Trinajstić information content (AvgIpc) is 2.48. The average molecular weight is 263 g/mol. The molecule has 0 bridgehead atoms. The zero-order valence-corrected chi connectivity index (χ0v) is 9.91. The first kappa shape index (κ1) is 10.7. The zero-order chi connectivity index (χ0) is 9.84. The van der Waals surface area contributed by atoms with Gasteiger partial charge in [-0.25, -0.2) is 0 Å². The number of hydrogen-bond acceptors (Lipinski definition) is 4. The minimum Gasteiger partial charge on any atom is -0.480 e. The Morgan fingerprint density at radius 1 is 1.77 bits per heavy atom. The predicted molar refractivity (Wildman–Crippen MR) is 59.1 cm³/mol. The third-order valence-electron chi connectivity index (χ3n) is 1.52. The molecule has 0 aromatic carbocycles. The number of rotatable bonds is 3. The van der Waals surface area contributed by atoms with Crippen LogP contribution >= 0.6 is 27.5 Å². The Morgan fingerprint density at radius 3 is 2.92 bits per heavy atom. The molecule has 0 atom stereocenters. The highest BCUT2D eigenvalue weighted by Gasteiger charge is 2.08. The molecule has 0 unspecified atom stereocenters. The second-order valence-electron chi connectivity index (χ2n) is 2.56. The summed E-state index contributed by atoms with van der Waals surface area (Å²) in [4.78, 5) is 1.04. The van der Waals surface area contributed by atoms with Gasteiger partial charge < -0.3 is 10.5 Å². The number of nitrogens with two attached hydrogens (primary N) is 1. The highest BCUT2D eigenvalue weighted by atomic mass is 79.9. The van der Waals surface area contributed by atoms with Gasteiger partial charge in [0.25, 0.3) is 0 Å². The van der Waals surface area contributed by atoms with Gasteiger partial charge in [-0.05, 0) is 40.5 Å². The van der Waals surface area contributed by atoms with Crippen molar-refractivity contribution in [3.05, 3.63) is 14.9 Å². The van der Waals surface area contributed by atoms with Crippen molar-refractivity contribution in [2.45, 2.75) is 6.92 Å². The second kappa shape index (κ2) is 4.74. The number of nitrogens with zero attached hydrogens (tertiary/aromatic N) is 1. The molecule has 1 aromatic heterocycles. The Hall–Kier alpha value is -0.390. The van der Waals surface area contributed by atoms with Crippen molar-refractivity contribution in [2.24, 2.45) is 5.73 Å². The van der Waals surface area contributed by atoms with E-state index in [4.69, 9.17) is 10.5 Å². The lowest BCUT2D eigenvalue weighted by Gasteiger charge is -1.94. The van der Waals surface area contributed by atoms with E-state index in [1.807, 2.05) is 13.0 Å². The molecule has 2 N–H and O–H groups in total. The summed E-state index contributed by atoms with van der Waals surface area (Å²) in [6.45, 7) is 2.55. The van der Waals surface area contributed by atoms with Gasteiger partial charge in [-0.1, -0.05) is 5.57 Å². The van der Waals surface area contributed by atoms with Gasteiger partial charge in [-0.2, -0.15) is 4.37 Å². The summed E-state index contributed by atoms with van der Waals surface area (Å²) in [7, 11) is 1.60. The third-order valence-corrected chi connectivity index (χ3v) is 3.33. The van der Waals surface area contributed by atoms with E-state index in [1.54, 1.807) is 7.11 Å². The summed E-state index contributed by atoms with van der Waals surface area (Å²) in [5, 5.41) is 0. The molecule has 1 heterocycles. The van der Waals surface area contributed by atoms with Crippen molar-refractivity contribution in [1.82, 2.24) is 4.37 Å². The van der Waals surface area contributed by atoms with Gasteiger partial charge in [0.1, 0.15) is 0 Å². The zero-order valence-electron chi connectivity index (χ0n) is 7.50.